The van der Waals surface area contributed by atoms with Gasteiger partial charge in [-0.1, -0.05) is 27.7 Å². The van der Waals surface area contributed by atoms with Gasteiger partial charge in [0.05, 0.1) is 11.9 Å². The van der Waals surface area contributed by atoms with Crippen molar-refractivity contribution in [2.75, 3.05) is 11.1 Å². The molecule has 0 aliphatic heterocycles. The number of nitrogens with one attached hydrogen (secondary N) is 1. The van der Waals surface area contributed by atoms with Gasteiger partial charge in [-0.3, -0.25) is 4.79 Å². The summed E-state index contributed by atoms with van der Waals surface area (Å²) in [6.07, 6.45) is 5.13. The zero-order valence-corrected chi connectivity index (χ0v) is 19.8. The molecule has 1 N–H and O–H groups in total. The van der Waals surface area contributed by atoms with Crippen LogP contribution in [0.3, 0.4) is 0 Å². The zero-order chi connectivity index (χ0) is 21.6. The van der Waals surface area contributed by atoms with E-state index in [2.05, 4.69) is 38.4 Å². The maximum atomic E-state index is 12.3. The van der Waals surface area contributed by atoms with Crippen LogP contribution >= 0.6 is 27.7 Å². The van der Waals surface area contributed by atoms with Gasteiger partial charge in [0.15, 0.2) is 11.0 Å². The minimum absolute atomic E-state index is 0.0760. The number of halogens is 1. The normalized spacial score (nSPS) is 14.0. The number of hydrogen-bond donors (Lipinski definition) is 1. The first kappa shape index (κ1) is 21.9. The highest BCUT2D eigenvalue weighted by molar-refractivity contribution is 9.10. The Labute approximate surface area is 194 Å². The van der Waals surface area contributed by atoms with Gasteiger partial charge in [-0.25, -0.2) is 0 Å². The highest BCUT2D eigenvalue weighted by Gasteiger charge is 2.18. The molecule has 1 aromatic heterocycles. The Morgan fingerprint density at radius 3 is 2.52 bits per heavy atom. The lowest BCUT2D eigenvalue weighted by Gasteiger charge is -2.13. The summed E-state index contributed by atoms with van der Waals surface area (Å²) in [5, 5.41) is 12.3. The minimum atomic E-state index is -0.0760. The molecule has 4 rings (SSSR count). The molecule has 3 aromatic rings. The van der Waals surface area contributed by atoms with Crippen LogP contribution < -0.4 is 10.1 Å². The molecule has 0 atom stereocenters. The van der Waals surface area contributed by atoms with Crippen molar-refractivity contribution in [1.82, 2.24) is 14.8 Å². The van der Waals surface area contributed by atoms with Crippen LogP contribution in [0.1, 0.15) is 32.6 Å². The van der Waals surface area contributed by atoms with Gasteiger partial charge in [0.1, 0.15) is 5.75 Å². The van der Waals surface area contributed by atoms with E-state index in [1.54, 1.807) is 0 Å². The lowest BCUT2D eigenvalue weighted by molar-refractivity contribution is -0.113. The van der Waals surface area contributed by atoms with Crippen LogP contribution in [0.5, 0.6) is 5.75 Å². The van der Waals surface area contributed by atoms with Gasteiger partial charge in [-0.15, -0.1) is 10.2 Å². The SMILES string of the molecule is CCn1c(SCC(=O)Nc2ccc(Br)cc2)nnc1-c1ccc(OC2CCCC2)cc1. The lowest BCUT2D eigenvalue weighted by atomic mass is 10.2. The summed E-state index contributed by atoms with van der Waals surface area (Å²) in [5.74, 6) is 1.89. The molecule has 0 spiro atoms. The number of carbonyl (C=O) groups is 1. The predicted molar refractivity (Wildman–Crippen MR) is 128 cm³/mol. The molecule has 31 heavy (non-hydrogen) atoms. The maximum absolute atomic E-state index is 12.3. The van der Waals surface area contributed by atoms with Crippen LogP contribution in [0.4, 0.5) is 5.69 Å². The third-order valence-corrected chi connectivity index (χ3v) is 6.71. The van der Waals surface area contributed by atoms with Gasteiger partial charge in [0.25, 0.3) is 0 Å². The Morgan fingerprint density at radius 2 is 1.84 bits per heavy atom. The van der Waals surface area contributed by atoms with Gasteiger partial charge < -0.3 is 14.6 Å². The molecule has 2 aromatic carbocycles. The zero-order valence-electron chi connectivity index (χ0n) is 17.4. The number of nitrogens with zero attached hydrogens (tertiary/aromatic N) is 3. The topological polar surface area (TPSA) is 69.0 Å². The molecule has 1 saturated carbocycles. The summed E-state index contributed by atoms with van der Waals surface area (Å²) in [4.78, 5) is 12.3. The largest absolute Gasteiger partial charge is 0.490 e. The highest BCUT2D eigenvalue weighted by Crippen LogP contribution is 2.28. The van der Waals surface area contributed by atoms with Gasteiger partial charge >= 0.3 is 0 Å². The second-order valence-electron chi connectivity index (χ2n) is 7.44. The van der Waals surface area contributed by atoms with E-state index in [-0.39, 0.29) is 11.7 Å². The molecule has 1 heterocycles. The molecule has 1 fully saturated rings. The van der Waals surface area contributed by atoms with Crippen molar-refractivity contribution in [2.45, 2.75) is 50.4 Å². The number of hydrogen-bond acceptors (Lipinski definition) is 5. The fourth-order valence-electron chi connectivity index (χ4n) is 3.64. The Morgan fingerprint density at radius 1 is 1.13 bits per heavy atom. The van der Waals surface area contributed by atoms with Crippen molar-refractivity contribution in [2.24, 2.45) is 0 Å². The molecule has 1 aliphatic carbocycles. The van der Waals surface area contributed by atoms with E-state index >= 15 is 0 Å². The van der Waals surface area contributed by atoms with Crippen molar-refractivity contribution >= 4 is 39.3 Å². The molecule has 1 amide bonds. The average molecular weight is 501 g/mol. The molecule has 0 unspecified atom stereocenters. The molecule has 1 aliphatic rings. The van der Waals surface area contributed by atoms with Crippen molar-refractivity contribution in [3.8, 4) is 17.1 Å². The minimum Gasteiger partial charge on any atom is -0.490 e. The van der Waals surface area contributed by atoms with E-state index in [9.17, 15) is 4.79 Å². The quantitative estimate of drug-likeness (QED) is 0.397. The monoisotopic (exact) mass is 500 g/mol. The molecule has 0 bridgehead atoms. The van der Waals surface area contributed by atoms with E-state index in [1.807, 2.05) is 53.1 Å². The number of aromatic nitrogens is 3. The summed E-state index contributed by atoms with van der Waals surface area (Å²) in [5.41, 5.74) is 1.76. The number of rotatable bonds is 8. The first-order chi connectivity index (χ1) is 15.1. The van der Waals surface area contributed by atoms with Crippen LogP contribution in [-0.4, -0.2) is 32.5 Å². The first-order valence-electron chi connectivity index (χ1n) is 10.5. The Kier molecular flexibility index (Phi) is 7.29. The number of ether oxygens (including phenoxy) is 1. The van der Waals surface area contributed by atoms with Crippen molar-refractivity contribution in [1.29, 1.82) is 0 Å². The maximum Gasteiger partial charge on any atom is 0.234 e. The van der Waals surface area contributed by atoms with E-state index in [0.29, 0.717) is 6.10 Å². The summed E-state index contributed by atoms with van der Waals surface area (Å²) in [6, 6.07) is 15.6. The third kappa shape index (κ3) is 5.68. The van der Waals surface area contributed by atoms with E-state index in [0.717, 1.165) is 51.8 Å². The number of carbonyl (C=O) groups excluding carboxylic acids is 1. The molecular formula is C23H25BrN4O2S. The van der Waals surface area contributed by atoms with Crippen LogP contribution in [0.25, 0.3) is 11.4 Å². The molecule has 8 heteroatoms. The second-order valence-corrected chi connectivity index (χ2v) is 9.30. The average Bonchev–Trinajstić information content (AvgIpc) is 3.44. The van der Waals surface area contributed by atoms with E-state index in [1.165, 1.54) is 24.6 Å². The smallest absolute Gasteiger partial charge is 0.234 e. The lowest BCUT2D eigenvalue weighted by Crippen LogP contribution is -2.14. The fraction of sp³-hybridized carbons (Fsp3) is 0.348. The Balaban J connectivity index is 1.38. The number of benzene rings is 2. The van der Waals surface area contributed by atoms with Crippen molar-refractivity contribution < 1.29 is 9.53 Å². The van der Waals surface area contributed by atoms with Gasteiger partial charge in [0.2, 0.25) is 5.91 Å². The number of amides is 1. The third-order valence-electron chi connectivity index (χ3n) is 5.21. The van der Waals surface area contributed by atoms with E-state index in [4.69, 9.17) is 4.74 Å². The molecule has 162 valence electrons. The van der Waals surface area contributed by atoms with Crippen molar-refractivity contribution in [3.63, 3.8) is 0 Å². The molecular weight excluding hydrogens is 476 g/mol. The van der Waals surface area contributed by atoms with Crippen LogP contribution in [0, 0.1) is 0 Å². The Hall–Kier alpha value is -2.32. The molecule has 0 radical (unpaired) electrons. The highest BCUT2D eigenvalue weighted by atomic mass is 79.9. The second kappa shape index (κ2) is 10.3. The fourth-order valence-corrected chi connectivity index (χ4v) is 4.70. The van der Waals surface area contributed by atoms with Gasteiger partial charge in [-0.2, -0.15) is 0 Å². The standard InChI is InChI=1S/C23H25BrN4O2S/c1-2-28-22(16-7-13-20(14-8-16)30-19-5-3-4-6-19)26-27-23(28)31-15-21(29)25-18-11-9-17(24)10-12-18/h7-14,19H,2-6,15H2,1H3,(H,25,29). The first-order valence-corrected chi connectivity index (χ1v) is 12.3. The summed E-state index contributed by atoms with van der Waals surface area (Å²) < 4.78 is 9.06. The molecule has 6 nitrogen and oxygen atoms in total. The predicted octanol–water partition coefficient (Wildman–Crippen LogP) is 5.78. The molecule has 0 saturated heterocycles. The summed E-state index contributed by atoms with van der Waals surface area (Å²) >= 11 is 4.78. The summed E-state index contributed by atoms with van der Waals surface area (Å²) in [7, 11) is 0. The Bertz CT molecular complexity index is 1020. The van der Waals surface area contributed by atoms with Crippen LogP contribution in [0.2, 0.25) is 0 Å². The van der Waals surface area contributed by atoms with Crippen LogP contribution in [-0.2, 0) is 11.3 Å². The summed E-state index contributed by atoms with van der Waals surface area (Å²) in [6.45, 7) is 2.77. The number of anilines is 1. The van der Waals surface area contributed by atoms with Gasteiger partial charge in [0, 0.05) is 22.3 Å². The van der Waals surface area contributed by atoms with Crippen LogP contribution in [0.15, 0.2) is 58.2 Å². The van der Waals surface area contributed by atoms with Crippen molar-refractivity contribution in [3.05, 3.63) is 53.0 Å². The van der Waals surface area contributed by atoms with Gasteiger partial charge in [-0.05, 0) is 81.1 Å². The van der Waals surface area contributed by atoms with E-state index < -0.39 is 0 Å². The number of thioether (sulfide) groups is 1.